The first-order valence-corrected chi connectivity index (χ1v) is 10.9. The van der Waals surface area contributed by atoms with Gasteiger partial charge in [0, 0.05) is 36.4 Å². The van der Waals surface area contributed by atoms with Gasteiger partial charge in [0.1, 0.15) is 0 Å². The molecule has 0 spiro atoms. The summed E-state index contributed by atoms with van der Waals surface area (Å²) < 4.78 is 0. The first-order valence-electron chi connectivity index (χ1n) is 10.9. The highest BCUT2D eigenvalue weighted by Gasteiger charge is 2.26. The molecule has 31 heavy (non-hydrogen) atoms. The number of aryl methyl sites for hydroxylation is 1. The molecule has 1 atom stereocenters. The number of nitrogens with one attached hydrogen (secondary N) is 1. The van der Waals surface area contributed by atoms with E-state index >= 15 is 0 Å². The van der Waals surface area contributed by atoms with Crippen molar-refractivity contribution in [2.24, 2.45) is 0 Å². The van der Waals surface area contributed by atoms with Gasteiger partial charge in [-0.15, -0.1) is 0 Å². The molecular weight excluding hydrogens is 386 g/mol. The third kappa shape index (κ3) is 4.92. The number of nitrogens with zero attached hydrogens (tertiary/aromatic N) is 4. The van der Waals surface area contributed by atoms with Gasteiger partial charge < -0.3 is 10.2 Å². The van der Waals surface area contributed by atoms with E-state index in [2.05, 4.69) is 35.5 Å². The van der Waals surface area contributed by atoms with Gasteiger partial charge in [-0.1, -0.05) is 30.3 Å². The van der Waals surface area contributed by atoms with Gasteiger partial charge >= 0.3 is 0 Å². The second-order valence-corrected chi connectivity index (χ2v) is 8.66. The Morgan fingerprint density at radius 3 is 2.81 bits per heavy atom. The maximum atomic E-state index is 12.3. The van der Waals surface area contributed by atoms with Crippen molar-refractivity contribution < 1.29 is 4.79 Å². The molecule has 2 aromatic heterocycles. The molecule has 0 saturated heterocycles. The van der Waals surface area contributed by atoms with E-state index in [4.69, 9.17) is 9.97 Å². The van der Waals surface area contributed by atoms with Crippen LogP contribution in [0.5, 0.6) is 0 Å². The van der Waals surface area contributed by atoms with Gasteiger partial charge in [0.15, 0.2) is 0 Å². The van der Waals surface area contributed by atoms with E-state index in [1.807, 2.05) is 49.6 Å². The molecule has 1 N–H and O–H groups in total. The van der Waals surface area contributed by atoms with Gasteiger partial charge in [-0.05, 0) is 57.4 Å². The van der Waals surface area contributed by atoms with Crippen LogP contribution >= 0.6 is 0 Å². The Labute approximate surface area is 184 Å². The molecule has 0 unspecified atom stereocenters. The smallest absolute Gasteiger partial charge is 0.234 e. The van der Waals surface area contributed by atoms with Crippen LogP contribution < -0.4 is 5.32 Å². The second kappa shape index (κ2) is 9.54. The summed E-state index contributed by atoms with van der Waals surface area (Å²) in [6.45, 7) is 1.56. The Morgan fingerprint density at radius 2 is 1.97 bits per heavy atom. The van der Waals surface area contributed by atoms with E-state index in [9.17, 15) is 4.79 Å². The molecule has 1 amide bonds. The highest BCUT2D eigenvalue weighted by atomic mass is 16.2. The van der Waals surface area contributed by atoms with E-state index in [1.165, 1.54) is 17.7 Å². The molecule has 0 bridgehead atoms. The molecule has 1 aliphatic rings. The minimum absolute atomic E-state index is 0.0163. The van der Waals surface area contributed by atoms with E-state index in [1.54, 1.807) is 0 Å². The van der Waals surface area contributed by atoms with Gasteiger partial charge in [0.25, 0.3) is 0 Å². The van der Waals surface area contributed by atoms with E-state index in [-0.39, 0.29) is 11.9 Å². The Kier molecular flexibility index (Phi) is 6.59. The Balaban J connectivity index is 1.60. The summed E-state index contributed by atoms with van der Waals surface area (Å²) in [4.78, 5) is 26.0. The summed E-state index contributed by atoms with van der Waals surface area (Å²) in [5, 5.41) is 5.32. The molecule has 2 heterocycles. The minimum Gasteiger partial charge on any atom is -0.351 e. The number of hydrogen-bond acceptors (Lipinski definition) is 5. The predicted octanol–water partition coefficient (Wildman–Crippen LogP) is 3.32. The van der Waals surface area contributed by atoms with Crippen LogP contribution in [0.4, 0.5) is 0 Å². The standard InChI is InChI=1S/C25H31N5O/c1-29(2)17-24(31)28-15-21-20-11-5-4-8-19(20)14-27-22(21)16-30(3)23-12-6-9-18-10-7-13-26-25(18)23/h4-5,7-8,10-11,13-14,23H,6,9,12,15-17H2,1-3H3,(H,28,31)/t23-/m0/s1. The van der Waals surface area contributed by atoms with Crippen LogP contribution in [0.1, 0.15) is 41.4 Å². The number of benzene rings is 1. The van der Waals surface area contributed by atoms with Crippen LogP contribution in [-0.4, -0.2) is 53.4 Å². The van der Waals surface area contributed by atoms with Gasteiger partial charge in [0.05, 0.1) is 24.0 Å². The molecule has 0 fully saturated rings. The zero-order valence-corrected chi connectivity index (χ0v) is 18.6. The van der Waals surface area contributed by atoms with Gasteiger partial charge in [-0.3, -0.25) is 19.7 Å². The molecule has 1 aliphatic carbocycles. The summed E-state index contributed by atoms with van der Waals surface area (Å²) in [6.07, 6.45) is 7.21. The Morgan fingerprint density at radius 1 is 1.13 bits per heavy atom. The average Bonchev–Trinajstić information content (AvgIpc) is 2.77. The van der Waals surface area contributed by atoms with Crippen molar-refractivity contribution in [3.05, 3.63) is 71.3 Å². The maximum Gasteiger partial charge on any atom is 0.234 e. The van der Waals surface area contributed by atoms with Crippen LogP contribution in [0.3, 0.4) is 0 Å². The van der Waals surface area contributed by atoms with Gasteiger partial charge in [-0.2, -0.15) is 0 Å². The summed E-state index contributed by atoms with van der Waals surface area (Å²) >= 11 is 0. The fraction of sp³-hybridized carbons (Fsp3) is 0.400. The fourth-order valence-corrected chi connectivity index (χ4v) is 4.49. The average molecular weight is 418 g/mol. The van der Waals surface area contributed by atoms with Crippen LogP contribution in [-0.2, 0) is 24.3 Å². The Hall–Kier alpha value is -2.83. The largest absolute Gasteiger partial charge is 0.351 e. The molecule has 162 valence electrons. The van der Waals surface area contributed by atoms with Crippen LogP contribution in [0.25, 0.3) is 10.8 Å². The lowest BCUT2D eigenvalue weighted by Crippen LogP contribution is -2.33. The zero-order chi connectivity index (χ0) is 21.8. The summed E-state index contributed by atoms with van der Waals surface area (Å²) in [5.41, 5.74) is 4.65. The normalized spacial score (nSPS) is 16.0. The third-order valence-corrected chi connectivity index (χ3v) is 6.01. The summed E-state index contributed by atoms with van der Waals surface area (Å²) in [5.74, 6) is 0.0163. The first-order chi connectivity index (χ1) is 15.0. The molecule has 6 heteroatoms. The molecular formula is C25H31N5O. The third-order valence-electron chi connectivity index (χ3n) is 6.01. The van der Waals surface area contributed by atoms with Gasteiger partial charge in [-0.25, -0.2) is 0 Å². The van der Waals surface area contributed by atoms with Crippen LogP contribution in [0.15, 0.2) is 48.8 Å². The van der Waals surface area contributed by atoms with E-state index < -0.39 is 0 Å². The lowest BCUT2D eigenvalue weighted by Gasteiger charge is -2.32. The maximum absolute atomic E-state index is 12.3. The highest BCUT2D eigenvalue weighted by Crippen LogP contribution is 2.33. The molecule has 0 radical (unpaired) electrons. The van der Waals surface area contributed by atoms with Crippen molar-refractivity contribution in [1.29, 1.82) is 0 Å². The van der Waals surface area contributed by atoms with Crippen LogP contribution in [0, 0.1) is 0 Å². The summed E-state index contributed by atoms with van der Waals surface area (Å²) in [7, 11) is 5.95. The number of carbonyl (C=O) groups is 1. The lowest BCUT2D eigenvalue weighted by molar-refractivity contribution is -0.121. The molecule has 0 saturated carbocycles. The number of fused-ring (bicyclic) bond motifs is 2. The minimum atomic E-state index is 0.0163. The van der Waals surface area contributed by atoms with Crippen molar-refractivity contribution in [3.8, 4) is 0 Å². The monoisotopic (exact) mass is 417 g/mol. The SMILES string of the molecule is CN(C)CC(=O)NCc1c(CN(C)[C@H]2CCCc3cccnc32)ncc2ccccc12. The number of carbonyl (C=O) groups excluding carboxylic acids is 1. The molecule has 1 aromatic carbocycles. The molecule has 4 rings (SSSR count). The van der Waals surface area contributed by atoms with Gasteiger partial charge in [0.2, 0.25) is 5.91 Å². The number of aromatic nitrogens is 2. The Bertz CT molecular complexity index is 1060. The number of pyridine rings is 2. The highest BCUT2D eigenvalue weighted by molar-refractivity contribution is 5.86. The molecule has 6 nitrogen and oxygen atoms in total. The zero-order valence-electron chi connectivity index (χ0n) is 18.6. The van der Waals surface area contributed by atoms with Crippen molar-refractivity contribution in [3.63, 3.8) is 0 Å². The first kappa shape index (κ1) is 21.4. The van der Waals surface area contributed by atoms with Crippen molar-refractivity contribution in [1.82, 2.24) is 25.1 Å². The second-order valence-electron chi connectivity index (χ2n) is 8.66. The number of amides is 1. The lowest BCUT2D eigenvalue weighted by atomic mass is 9.91. The number of likely N-dealkylation sites (N-methyl/N-ethyl adjacent to an activating group) is 1. The fourth-order valence-electron chi connectivity index (χ4n) is 4.49. The van der Waals surface area contributed by atoms with Crippen LogP contribution in [0.2, 0.25) is 0 Å². The predicted molar refractivity (Wildman–Crippen MR) is 124 cm³/mol. The number of rotatable bonds is 7. The quantitative estimate of drug-likeness (QED) is 0.639. The van der Waals surface area contributed by atoms with E-state index in [0.717, 1.165) is 34.9 Å². The van der Waals surface area contributed by atoms with Crippen molar-refractivity contribution >= 4 is 16.7 Å². The molecule has 0 aliphatic heterocycles. The molecule has 3 aromatic rings. The topological polar surface area (TPSA) is 61.4 Å². The van der Waals surface area contributed by atoms with Crippen molar-refractivity contribution in [2.75, 3.05) is 27.7 Å². The van der Waals surface area contributed by atoms with E-state index in [0.29, 0.717) is 19.6 Å². The number of hydrogen-bond donors (Lipinski definition) is 1. The summed E-state index contributed by atoms with van der Waals surface area (Å²) in [6, 6.07) is 12.8. The van der Waals surface area contributed by atoms with Crippen molar-refractivity contribution in [2.45, 2.75) is 38.4 Å².